The van der Waals surface area contributed by atoms with Crippen LogP contribution in [0.25, 0.3) is 0 Å². The molecule has 1 heterocycles. The molecule has 0 spiro atoms. The van der Waals surface area contributed by atoms with Gasteiger partial charge in [0.2, 0.25) is 5.78 Å². The number of benzene rings is 6. The smallest absolute Gasteiger partial charge is 0.261 e. The summed E-state index contributed by atoms with van der Waals surface area (Å²) in [5.41, 5.74) is 5.65. The average molecular weight is 765 g/mol. The predicted molar refractivity (Wildman–Crippen MR) is 218 cm³/mol. The second-order valence-corrected chi connectivity index (χ2v) is 14.1. The summed E-state index contributed by atoms with van der Waals surface area (Å²) in [7, 11) is 1.62. The van der Waals surface area contributed by atoms with E-state index in [4.69, 9.17) is 28.4 Å². The van der Waals surface area contributed by atoms with Crippen molar-refractivity contribution >= 4 is 5.78 Å². The summed E-state index contributed by atoms with van der Waals surface area (Å²) in [4.78, 5) is 15.2. The summed E-state index contributed by atoms with van der Waals surface area (Å²) in [6.07, 6.45) is -3.66. The topological polar surface area (TPSA) is 92.7 Å². The van der Waals surface area contributed by atoms with Crippen LogP contribution >= 0.6 is 0 Å². The first-order valence-electron chi connectivity index (χ1n) is 19.2. The molecule has 0 aliphatic carbocycles. The van der Waals surface area contributed by atoms with Crippen molar-refractivity contribution in [3.05, 3.63) is 209 Å². The fraction of sp³-hybridized carbons (Fsp3) is 0.245. The minimum Gasteiger partial charge on any atom is -0.497 e. The lowest BCUT2D eigenvalue weighted by atomic mass is 9.85. The second-order valence-electron chi connectivity index (χ2n) is 14.1. The molecule has 0 bridgehead atoms. The normalized spacial score (nSPS) is 20.5. The molecule has 6 aromatic rings. The van der Waals surface area contributed by atoms with E-state index in [1.165, 1.54) is 0 Å². The molecule has 1 fully saturated rings. The van der Waals surface area contributed by atoms with Gasteiger partial charge in [-0.2, -0.15) is 0 Å². The van der Waals surface area contributed by atoms with Crippen molar-refractivity contribution in [2.45, 2.75) is 63.1 Å². The third-order valence-electron chi connectivity index (χ3n) is 10.1. The number of hydrogen-bond acceptors (Lipinski definition) is 8. The van der Waals surface area contributed by atoms with Gasteiger partial charge >= 0.3 is 0 Å². The molecule has 1 N–H and O–H groups in total. The van der Waals surface area contributed by atoms with Gasteiger partial charge in [-0.1, -0.05) is 158 Å². The van der Waals surface area contributed by atoms with Crippen molar-refractivity contribution in [2.75, 3.05) is 13.7 Å². The third kappa shape index (κ3) is 10.3. The summed E-state index contributed by atoms with van der Waals surface area (Å²) < 4.78 is 38.5. The molecule has 8 heteroatoms. The number of rotatable bonds is 18. The Hall–Kier alpha value is -5.45. The molecule has 0 saturated carbocycles. The van der Waals surface area contributed by atoms with E-state index in [9.17, 15) is 5.11 Å². The van der Waals surface area contributed by atoms with Gasteiger partial charge in [-0.05, 0) is 51.9 Å². The average Bonchev–Trinajstić information content (AvgIpc) is 3.26. The van der Waals surface area contributed by atoms with Crippen molar-refractivity contribution < 1.29 is 38.3 Å². The van der Waals surface area contributed by atoms with Crippen LogP contribution in [-0.2, 0) is 56.5 Å². The molecule has 0 unspecified atom stereocenters. The molecule has 6 aromatic carbocycles. The first kappa shape index (κ1) is 39.8. The number of aliphatic hydroxyl groups is 1. The number of ether oxygens (including phenoxy) is 6. The lowest BCUT2D eigenvalue weighted by molar-refractivity contribution is -0.347. The number of hydrogen-bond donors (Lipinski definition) is 1. The van der Waals surface area contributed by atoms with Crippen molar-refractivity contribution in [2.24, 2.45) is 0 Å². The van der Waals surface area contributed by atoms with Gasteiger partial charge in [-0.3, -0.25) is 4.79 Å². The van der Waals surface area contributed by atoms with E-state index >= 15 is 4.79 Å². The molecule has 0 aromatic heterocycles. The summed E-state index contributed by atoms with van der Waals surface area (Å²) in [6, 6.07) is 53.9. The van der Waals surface area contributed by atoms with Crippen molar-refractivity contribution in [1.82, 2.24) is 0 Å². The highest BCUT2D eigenvalue weighted by molar-refractivity contribution is 6.03. The first-order valence-corrected chi connectivity index (χ1v) is 19.2. The van der Waals surface area contributed by atoms with E-state index in [1.54, 1.807) is 19.2 Å². The highest BCUT2D eigenvalue weighted by atomic mass is 16.7. The van der Waals surface area contributed by atoms with E-state index in [0.717, 1.165) is 33.6 Å². The SMILES string of the molecule is COc1ccc(Cc2ccccc2C(=O)[C@]2(O)O[C@H](COCc3ccccc3)[C@@H](OCc3ccccc3)[C@H](OCc3ccccc3)[C@H]2OCc2ccccc2)cc1. The van der Waals surface area contributed by atoms with Crippen LogP contribution in [-0.4, -0.2) is 54.8 Å². The molecule has 0 amide bonds. The van der Waals surface area contributed by atoms with Crippen LogP contribution in [0.5, 0.6) is 5.75 Å². The lowest BCUT2D eigenvalue weighted by Gasteiger charge is -2.49. The van der Waals surface area contributed by atoms with Crippen molar-refractivity contribution in [1.29, 1.82) is 0 Å². The summed E-state index contributed by atoms with van der Waals surface area (Å²) >= 11 is 0. The monoisotopic (exact) mass is 764 g/mol. The Morgan fingerprint density at radius 1 is 0.561 bits per heavy atom. The van der Waals surface area contributed by atoms with Crippen molar-refractivity contribution in [3.8, 4) is 5.75 Å². The summed E-state index contributed by atoms with van der Waals surface area (Å²) in [6.45, 7) is 0.736. The van der Waals surface area contributed by atoms with E-state index in [-0.39, 0.29) is 33.0 Å². The molecule has 7 rings (SSSR count). The van der Waals surface area contributed by atoms with Gasteiger partial charge in [-0.15, -0.1) is 0 Å². The fourth-order valence-corrected chi connectivity index (χ4v) is 7.09. The van der Waals surface area contributed by atoms with Crippen LogP contribution in [0, 0.1) is 0 Å². The predicted octanol–water partition coefficient (Wildman–Crippen LogP) is 8.53. The van der Waals surface area contributed by atoms with Gasteiger partial charge in [0.15, 0.2) is 0 Å². The molecular weight excluding hydrogens is 717 g/mol. The number of Topliss-reactive ketones (excluding diaryl/α,β-unsaturated/α-hetero) is 1. The maximum absolute atomic E-state index is 15.2. The van der Waals surface area contributed by atoms with Crippen LogP contribution in [0.3, 0.4) is 0 Å². The Morgan fingerprint density at radius 3 is 1.58 bits per heavy atom. The second kappa shape index (κ2) is 19.6. The molecule has 1 saturated heterocycles. The maximum Gasteiger partial charge on any atom is 0.261 e. The van der Waals surface area contributed by atoms with Gasteiger partial charge in [0, 0.05) is 5.56 Å². The Labute approximate surface area is 334 Å². The summed E-state index contributed by atoms with van der Waals surface area (Å²) in [5.74, 6) is -2.43. The van der Waals surface area contributed by atoms with E-state index in [0.29, 0.717) is 17.5 Å². The molecule has 292 valence electrons. The standard InChI is InChI=1S/C49H48O8/c1-52-42-28-26-36(27-29-42)30-41-24-14-15-25-43(41)47(50)49(51)48(56-34-40-22-12-5-13-23-40)46(55-33-39-20-10-4-11-21-39)45(54-32-38-18-8-3-9-19-38)44(57-49)35-53-31-37-16-6-2-7-17-37/h2-29,44-46,48,51H,30-35H2,1H3/t44-,45-,46+,48-,49+/m1/s1. The van der Waals surface area contributed by atoms with Gasteiger partial charge in [0.25, 0.3) is 5.79 Å². The van der Waals surface area contributed by atoms with Crippen LogP contribution < -0.4 is 4.74 Å². The highest BCUT2D eigenvalue weighted by Gasteiger charge is 2.60. The molecule has 0 radical (unpaired) electrons. The van der Waals surface area contributed by atoms with E-state index < -0.39 is 36.0 Å². The zero-order valence-electron chi connectivity index (χ0n) is 32.0. The zero-order valence-corrected chi connectivity index (χ0v) is 32.0. The third-order valence-corrected chi connectivity index (χ3v) is 10.1. The molecule has 8 nitrogen and oxygen atoms in total. The quantitative estimate of drug-likeness (QED) is 0.0872. The van der Waals surface area contributed by atoms with Gasteiger partial charge in [0.1, 0.15) is 30.2 Å². The van der Waals surface area contributed by atoms with Crippen molar-refractivity contribution in [3.63, 3.8) is 0 Å². The number of methoxy groups -OCH3 is 1. The van der Waals surface area contributed by atoms with E-state index in [1.807, 2.05) is 158 Å². The van der Waals surface area contributed by atoms with Gasteiger partial charge in [0.05, 0.1) is 40.1 Å². The zero-order chi connectivity index (χ0) is 39.3. The number of ketones is 1. The Bertz CT molecular complexity index is 2110. The Morgan fingerprint density at radius 2 is 1.04 bits per heavy atom. The summed E-state index contributed by atoms with van der Waals surface area (Å²) in [5, 5.41) is 13.0. The Kier molecular flexibility index (Phi) is 13.7. The van der Waals surface area contributed by atoms with E-state index in [2.05, 4.69) is 0 Å². The van der Waals surface area contributed by atoms with Gasteiger partial charge < -0.3 is 33.5 Å². The molecule has 1 aliphatic rings. The van der Waals surface area contributed by atoms with Crippen LogP contribution in [0.2, 0.25) is 0 Å². The minimum absolute atomic E-state index is 0.00591. The maximum atomic E-state index is 15.2. The lowest BCUT2D eigenvalue weighted by Crippen LogP contribution is -2.70. The van der Waals surface area contributed by atoms with Crippen LogP contribution in [0.1, 0.15) is 43.7 Å². The first-order chi connectivity index (χ1) is 28.0. The van der Waals surface area contributed by atoms with Gasteiger partial charge in [-0.25, -0.2) is 0 Å². The number of carbonyl (C=O) groups excluding carboxylic acids is 1. The van der Waals surface area contributed by atoms with Crippen LogP contribution in [0.4, 0.5) is 0 Å². The van der Waals surface area contributed by atoms with Crippen LogP contribution in [0.15, 0.2) is 170 Å². The fourth-order valence-electron chi connectivity index (χ4n) is 7.09. The molecule has 1 aliphatic heterocycles. The molecular formula is C49H48O8. The Balaban J connectivity index is 1.28. The molecule has 5 atom stereocenters. The largest absolute Gasteiger partial charge is 0.497 e. The minimum atomic E-state index is -2.51. The molecule has 57 heavy (non-hydrogen) atoms. The number of carbonyl (C=O) groups is 1. The highest BCUT2D eigenvalue weighted by Crippen LogP contribution is 2.38.